The standard InChI is InChI=1S/C28H30F3N5O/c1-3-19(2)15-33-27(37)21-9-7-20(8-10-21)22-11-12-26-25(13-22)35-18-36(26)24-6-4-5-23(14-24)34-17-32-16-28(29,30)31/h4-14,18-19,32,34H,3,15-17H2,1-2H3,(H,33,37). The molecule has 1 atom stereocenters. The first-order chi connectivity index (χ1) is 17.7. The number of nitrogens with one attached hydrogen (secondary N) is 3. The van der Waals surface area contributed by atoms with E-state index in [-0.39, 0.29) is 12.6 Å². The molecule has 0 radical (unpaired) electrons. The van der Waals surface area contributed by atoms with Gasteiger partial charge in [0.15, 0.2) is 0 Å². The summed E-state index contributed by atoms with van der Waals surface area (Å²) < 4.78 is 38.9. The number of rotatable bonds is 10. The Morgan fingerprint density at radius 2 is 1.78 bits per heavy atom. The Morgan fingerprint density at radius 3 is 2.51 bits per heavy atom. The van der Waals surface area contributed by atoms with E-state index in [1.807, 2.05) is 65.2 Å². The lowest BCUT2D eigenvalue weighted by atomic mass is 10.0. The van der Waals surface area contributed by atoms with Crippen molar-refractivity contribution in [1.82, 2.24) is 20.2 Å². The van der Waals surface area contributed by atoms with Crippen molar-refractivity contribution in [2.24, 2.45) is 5.92 Å². The molecule has 3 N–H and O–H groups in total. The Morgan fingerprint density at radius 1 is 1.03 bits per heavy atom. The molecule has 37 heavy (non-hydrogen) atoms. The highest BCUT2D eigenvalue weighted by molar-refractivity contribution is 5.95. The number of imidazole rings is 1. The number of carbonyl (C=O) groups excluding carboxylic acids is 1. The first-order valence-corrected chi connectivity index (χ1v) is 12.2. The number of halogens is 3. The lowest BCUT2D eigenvalue weighted by Gasteiger charge is -2.12. The third kappa shape index (κ3) is 6.89. The average Bonchev–Trinajstić information content (AvgIpc) is 3.32. The summed E-state index contributed by atoms with van der Waals surface area (Å²) in [5.41, 5.74) is 5.82. The third-order valence-electron chi connectivity index (χ3n) is 6.20. The van der Waals surface area contributed by atoms with Gasteiger partial charge >= 0.3 is 6.18 Å². The predicted octanol–water partition coefficient (Wildman–Crippen LogP) is 5.99. The van der Waals surface area contributed by atoms with Gasteiger partial charge in [0.25, 0.3) is 5.91 Å². The van der Waals surface area contributed by atoms with Gasteiger partial charge < -0.3 is 10.6 Å². The van der Waals surface area contributed by atoms with Crippen LogP contribution in [0.5, 0.6) is 0 Å². The van der Waals surface area contributed by atoms with Gasteiger partial charge in [-0.3, -0.25) is 14.7 Å². The number of hydrogen-bond acceptors (Lipinski definition) is 4. The highest BCUT2D eigenvalue weighted by Gasteiger charge is 2.25. The van der Waals surface area contributed by atoms with Crippen LogP contribution < -0.4 is 16.0 Å². The molecule has 4 aromatic rings. The maximum absolute atomic E-state index is 12.4. The normalized spacial score (nSPS) is 12.5. The minimum atomic E-state index is -4.25. The molecule has 3 aromatic carbocycles. The monoisotopic (exact) mass is 509 g/mol. The Balaban J connectivity index is 1.46. The highest BCUT2D eigenvalue weighted by atomic mass is 19.4. The van der Waals surface area contributed by atoms with E-state index in [1.165, 1.54) is 0 Å². The van der Waals surface area contributed by atoms with E-state index < -0.39 is 12.7 Å². The molecule has 1 unspecified atom stereocenters. The lowest BCUT2D eigenvalue weighted by Crippen LogP contribution is -2.32. The van der Waals surface area contributed by atoms with Crippen molar-refractivity contribution in [2.75, 3.05) is 25.1 Å². The van der Waals surface area contributed by atoms with Crippen LogP contribution >= 0.6 is 0 Å². The van der Waals surface area contributed by atoms with Crippen LogP contribution in [-0.2, 0) is 0 Å². The molecule has 194 valence electrons. The summed E-state index contributed by atoms with van der Waals surface area (Å²) in [6.45, 7) is 3.81. The number of fused-ring (bicyclic) bond motifs is 1. The molecule has 0 bridgehead atoms. The number of nitrogens with zero attached hydrogens (tertiary/aromatic N) is 2. The predicted molar refractivity (Wildman–Crippen MR) is 141 cm³/mol. The number of aromatic nitrogens is 2. The van der Waals surface area contributed by atoms with E-state index in [1.54, 1.807) is 12.4 Å². The molecule has 0 aliphatic heterocycles. The Labute approximate surface area is 213 Å². The van der Waals surface area contributed by atoms with Crippen LogP contribution in [0.15, 0.2) is 73.1 Å². The Kier molecular flexibility index (Phi) is 8.13. The molecular weight excluding hydrogens is 479 g/mol. The van der Waals surface area contributed by atoms with Crippen LogP contribution in [0.2, 0.25) is 0 Å². The third-order valence-corrected chi connectivity index (χ3v) is 6.20. The fourth-order valence-electron chi connectivity index (χ4n) is 3.86. The van der Waals surface area contributed by atoms with Crippen molar-refractivity contribution in [1.29, 1.82) is 0 Å². The van der Waals surface area contributed by atoms with Gasteiger partial charge in [0.1, 0.15) is 6.33 Å². The smallest absolute Gasteiger partial charge is 0.372 e. The number of anilines is 1. The van der Waals surface area contributed by atoms with E-state index in [4.69, 9.17) is 0 Å². The number of hydrogen-bond donors (Lipinski definition) is 3. The zero-order valence-electron chi connectivity index (χ0n) is 20.8. The van der Waals surface area contributed by atoms with Gasteiger partial charge in [0.2, 0.25) is 0 Å². The van der Waals surface area contributed by atoms with E-state index >= 15 is 0 Å². The molecule has 0 spiro atoms. The zero-order valence-corrected chi connectivity index (χ0v) is 20.8. The fourth-order valence-corrected chi connectivity index (χ4v) is 3.86. The first kappa shape index (κ1) is 26.2. The molecule has 1 amide bonds. The summed E-state index contributed by atoms with van der Waals surface area (Å²) >= 11 is 0. The van der Waals surface area contributed by atoms with E-state index in [0.29, 0.717) is 23.7 Å². The second-order valence-corrected chi connectivity index (χ2v) is 9.06. The van der Waals surface area contributed by atoms with Crippen molar-refractivity contribution >= 4 is 22.6 Å². The summed E-state index contributed by atoms with van der Waals surface area (Å²) in [7, 11) is 0. The maximum atomic E-state index is 12.4. The van der Waals surface area contributed by atoms with E-state index in [2.05, 4.69) is 34.8 Å². The van der Waals surface area contributed by atoms with Crippen LogP contribution in [0.4, 0.5) is 18.9 Å². The van der Waals surface area contributed by atoms with Gasteiger partial charge in [0, 0.05) is 23.5 Å². The van der Waals surface area contributed by atoms with E-state index in [0.717, 1.165) is 34.3 Å². The number of benzene rings is 3. The number of amides is 1. The fraction of sp³-hybridized carbons (Fsp3) is 0.286. The molecule has 0 aliphatic rings. The zero-order chi connectivity index (χ0) is 26.4. The molecule has 0 aliphatic carbocycles. The van der Waals surface area contributed by atoms with Crippen molar-refractivity contribution in [3.8, 4) is 16.8 Å². The molecule has 1 heterocycles. The largest absolute Gasteiger partial charge is 0.401 e. The molecule has 0 fully saturated rings. The van der Waals surface area contributed by atoms with Gasteiger partial charge in [-0.2, -0.15) is 13.2 Å². The summed E-state index contributed by atoms with van der Waals surface area (Å²) in [5.74, 6) is 0.364. The molecular formula is C28H30F3N5O. The quantitative estimate of drug-likeness (QED) is 0.181. The molecule has 4 rings (SSSR count). The molecule has 1 aromatic heterocycles. The van der Waals surface area contributed by atoms with Crippen molar-refractivity contribution in [2.45, 2.75) is 26.4 Å². The summed E-state index contributed by atoms with van der Waals surface area (Å²) in [6.07, 6.45) is -1.51. The molecule has 9 heteroatoms. The second kappa shape index (κ2) is 11.5. The van der Waals surface area contributed by atoms with Crippen molar-refractivity contribution < 1.29 is 18.0 Å². The van der Waals surface area contributed by atoms with Crippen LogP contribution in [0.3, 0.4) is 0 Å². The Hall–Kier alpha value is -3.85. The van der Waals surface area contributed by atoms with Crippen LogP contribution in [0, 0.1) is 5.92 Å². The molecule has 6 nitrogen and oxygen atoms in total. The maximum Gasteiger partial charge on any atom is 0.401 e. The van der Waals surface area contributed by atoms with Crippen LogP contribution in [-0.4, -0.2) is 41.4 Å². The van der Waals surface area contributed by atoms with Crippen LogP contribution in [0.25, 0.3) is 27.8 Å². The number of carbonyl (C=O) groups is 1. The van der Waals surface area contributed by atoms with Gasteiger partial charge in [-0.15, -0.1) is 0 Å². The topological polar surface area (TPSA) is 71.0 Å². The Bertz CT molecular complexity index is 1350. The first-order valence-electron chi connectivity index (χ1n) is 12.2. The summed E-state index contributed by atoms with van der Waals surface area (Å²) in [4.78, 5) is 16.9. The van der Waals surface area contributed by atoms with Crippen molar-refractivity contribution in [3.05, 3.63) is 78.6 Å². The average molecular weight is 510 g/mol. The SMILES string of the molecule is CCC(C)CNC(=O)c1ccc(-c2ccc3c(c2)ncn3-c2cccc(NCNCC(F)(F)F)c2)cc1. The van der Waals surface area contributed by atoms with Crippen LogP contribution in [0.1, 0.15) is 30.6 Å². The van der Waals surface area contributed by atoms with Gasteiger partial charge in [-0.25, -0.2) is 4.98 Å². The molecule has 0 saturated heterocycles. The lowest BCUT2D eigenvalue weighted by molar-refractivity contribution is -0.124. The molecule has 0 saturated carbocycles. The van der Waals surface area contributed by atoms with Crippen molar-refractivity contribution in [3.63, 3.8) is 0 Å². The van der Waals surface area contributed by atoms with Gasteiger partial charge in [-0.1, -0.05) is 44.5 Å². The van der Waals surface area contributed by atoms with E-state index in [9.17, 15) is 18.0 Å². The second-order valence-electron chi connectivity index (χ2n) is 9.06. The summed E-state index contributed by atoms with van der Waals surface area (Å²) in [5, 5.41) is 8.25. The highest BCUT2D eigenvalue weighted by Crippen LogP contribution is 2.26. The van der Waals surface area contributed by atoms with Gasteiger partial charge in [-0.05, 0) is 59.5 Å². The number of alkyl halides is 3. The summed E-state index contributed by atoms with van der Waals surface area (Å²) in [6, 6.07) is 20.9. The minimum absolute atomic E-state index is 0.00465. The van der Waals surface area contributed by atoms with Gasteiger partial charge in [0.05, 0.1) is 24.2 Å². The minimum Gasteiger partial charge on any atom is -0.372 e.